The average molecular weight is 295 g/mol. The summed E-state index contributed by atoms with van der Waals surface area (Å²) in [6.45, 7) is 0.170. The predicted molar refractivity (Wildman–Crippen MR) is 82.0 cm³/mol. The zero-order chi connectivity index (χ0) is 16.1. The molecular weight excluding hydrogens is 278 g/mol. The Labute approximate surface area is 129 Å². The lowest BCUT2D eigenvalue weighted by molar-refractivity contribution is -0.145. The van der Waals surface area contributed by atoms with Crippen LogP contribution in [0.5, 0.6) is 0 Å². The van der Waals surface area contributed by atoms with E-state index in [9.17, 15) is 9.59 Å². The van der Waals surface area contributed by atoms with Gasteiger partial charge in [-0.25, -0.2) is 0 Å². The molecule has 0 spiro atoms. The molecule has 1 aromatic carbocycles. The van der Waals surface area contributed by atoms with E-state index in [2.05, 4.69) is 0 Å². The molecule has 0 radical (unpaired) electrons. The van der Waals surface area contributed by atoms with Crippen LogP contribution in [0.25, 0.3) is 0 Å². The maximum atomic E-state index is 12.5. The van der Waals surface area contributed by atoms with Gasteiger partial charge in [-0.2, -0.15) is 5.26 Å². The minimum Gasteiger partial charge on any atom is -0.384 e. The topological polar surface area (TPSA) is 64.4 Å². The van der Waals surface area contributed by atoms with Crippen LogP contribution in [0.1, 0.15) is 5.56 Å². The number of nitriles is 1. The fraction of sp³-hybridized carbons (Fsp3) is 0.235. The Morgan fingerprint density at radius 2 is 1.95 bits per heavy atom. The second kappa shape index (κ2) is 6.72. The summed E-state index contributed by atoms with van der Waals surface area (Å²) in [5.74, 6) is -1.45. The van der Waals surface area contributed by atoms with Crippen LogP contribution in [0.15, 0.2) is 54.3 Å². The number of imide groups is 1. The van der Waals surface area contributed by atoms with Crippen molar-refractivity contribution in [1.82, 2.24) is 9.80 Å². The number of nitrogens with zero attached hydrogens (tertiary/aromatic N) is 3. The van der Waals surface area contributed by atoms with Crippen LogP contribution in [-0.2, 0) is 16.1 Å². The lowest BCUT2D eigenvalue weighted by Gasteiger charge is -2.27. The number of amides is 2. The molecular formula is C17H17N3O2. The van der Waals surface area contributed by atoms with E-state index in [1.807, 2.05) is 50.5 Å². The summed E-state index contributed by atoms with van der Waals surface area (Å²) in [5.41, 5.74) is 0.850. The highest BCUT2D eigenvalue weighted by atomic mass is 16.2. The highest BCUT2D eigenvalue weighted by Gasteiger charge is 2.34. The van der Waals surface area contributed by atoms with E-state index in [0.29, 0.717) is 0 Å². The van der Waals surface area contributed by atoms with Crippen LogP contribution >= 0.6 is 0 Å². The molecule has 22 heavy (non-hydrogen) atoms. The molecule has 0 bridgehead atoms. The molecule has 1 aliphatic heterocycles. The van der Waals surface area contributed by atoms with E-state index in [-0.39, 0.29) is 18.0 Å². The lowest BCUT2D eigenvalue weighted by atomic mass is 9.98. The molecule has 1 aromatic rings. The van der Waals surface area contributed by atoms with Gasteiger partial charge in [0.15, 0.2) is 0 Å². The zero-order valence-electron chi connectivity index (χ0n) is 12.6. The first-order chi connectivity index (χ1) is 10.5. The van der Waals surface area contributed by atoms with Crippen molar-refractivity contribution in [1.29, 1.82) is 5.26 Å². The summed E-state index contributed by atoms with van der Waals surface area (Å²) >= 11 is 0. The largest absolute Gasteiger partial charge is 0.384 e. The van der Waals surface area contributed by atoms with Crippen molar-refractivity contribution in [3.8, 4) is 6.07 Å². The molecule has 0 saturated heterocycles. The molecule has 1 atom stereocenters. The molecule has 0 aromatic heterocycles. The van der Waals surface area contributed by atoms with Crippen LogP contribution < -0.4 is 0 Å². The number of hydrogen-bond donors (Lipinski definition) is 0. The predicted octanol–water partition coefficient (Wildman–Crippen LogP) is 1.70. The quantitative estimate of drug-likeness (QED) is 0.793. The monoisotopic (exact) mass is 295 g/mol. The first-order valence-electron chi connectivity index (χ1n) is 6.89. The standard InChI is InChI=1S/C17H17N3O2/c1-19(2)9-8-14-10-15(11-18)17(22)20(16(14)21)12-13-6-4-3-5-7-13/h3-10,14H,12H2,1-2H3. The van der Waals surface area contributed by atoms with E-state index in [1.165, 1.54) is 6.08 Å². The van der Waals surface area contributed by atoms with Gasteiger partial charge in [-0.15, -0.1) is 0 Å². The van der Waals surface area contributed by atoms with Crippen LogP contribution in [-0.4, -0.2) is 35.7 Å². The molecule has 0 N–H and O–H groups in total. The fourth-order valence-corrected chi connectivity index (χ4v) is 2.15. The van der Waals surface area contributed by atoms with Crippen molar-refractivity contribution in [2.45, 2.75) is 6.54 Å². The number of carbonyl (C=O) groups is 2. The summed E-state index contributed by atoms with van der Waals surface area (Å²) in [4.78, 5) is 27.7. The Morgan fingerprint density at radius 3 is 2.55 bits per heavy atom. The first kappa shape index (κ1) is 15.5. The number of rotatable bonds is 4. The van der Waals surface area contributed by atoms with E-state index < -0.39 is 11.8 Å². The molecule has 112 valence electrons. The van der Waals surface area contributed by atoms with Gasteiger partial charge in [0.2, 0.25) is 5.91 Å². The smallest absolute Gasteiger partial charge is 0.271 e. The van der Waals surface area contributed by atoms with Crippen LogP contribution in [0.2, 0.25) is 0 Å². The Bertz CT molecular complexity index is 669. The summed E-state index contributed by atoms with van der Waals surface area (Å²) in [5, 5.41) is 9.12. The van der Waals surface area contributed by atoms with E-state index in [4.69, 9.17) is 5.26 Å². The van der Waals surface area contributed by atoms with Gasteiger partial charge in [0.05, 0.1) is 12.5 Å². The number of hydrogen-bond acceptors (Lipinski definition) is 4. The molecule has 5 heteroatoms. The molecule has 5 nitrogen and oxygen atoms in total. The normalized spacial score (nSPS) is 18.3. The second-order valence-corrected chi connectivity index (χ2v) is 5.24. The molecule has 2 amide bonds. The first-order valence-corrected chi connectivity index (χ1v) is 6.89. The number of benzene rings is 1. The van der Waals surface area contributed by atoms with Crippen LogP contribution in [0.4, 0.5) is 0 Å². The van der Waals surface area contributed by atoms with Gasteiger partial charge in [-0.3, -0.25) is 14.5 Å². The highest BCUT2D eigenvalue weighted by molar-refractivity contribution is 6.10. The maximum absolute atomic E-state index is 12.5. The Kier molecular flexibility index (Phi) is 4.74. The lowest BCUT2D eigenvalue weighted by Crippen LogP contribution is -2.43. The van der Waals surface area contributed by atoms with Crippen molar-refractivity contribution >= 4 is 11.8 Å². The van der Waals surface area contributed by atoms with Gasteiger partial charge in [-0.05, 0) is 17.8 Å². The van der Waals surface area contributed by atoms with Gasteiger partial charge < -0.3 is 4.90 Å². The van der Waals surface area contributed by atoms with Crippen molar-refractivity contribution in [2.24, 2.45) is 5.92 Å². The van der Waals surface area contributed by atoms with Crippen LogP contribution in [0.3, 0.4) is 0 Å². The van der Waals surface area contributed by atoms with Crippen LogP contribution in [0, 0.1) is 17.2 Å². The Morgan fingerprint density at radius 1 is 1.27 bits per heavy atom. The van der Waals surface area contributed by atoms with Crippen molar-refractivity contribution in [2.75, 3.05) is 14.1 Å². The third kappa shape index (κ3) is 3.41. The Hall–Kier alpha value is -2.87. The second-order valence-electron chi connectivity index (χ2n) is 5.24. The van der Waals surface area contributed by atoms with Gasteiger partial charge >= 0.3 is 0 Å². The van der Waals surface area contributed by atoms with Crippen molar-refractivity contribution in [3.63, 3.8) is 0 Å². The third-order valence-electron chi connectivity index (χ3n) is 3.27. The highest BCUT2D eigenvalue weighted by Crippen LogP contribution is 2.21. The van der Waals surface area contributed by atoms with Crippen molar-refractivity contribution in [3.05, 3.63) is 59.8 Å². The minimum atomic E-state index is -0.599. The third-order valence-corrected chi connectivity index (χ3v) is 3.27. The molecule has 1 unspecified atom stereocenters. The van der Waals surface area contributed by atoms with E-state index in [0.717, 1.165) is 10.5 Å². The molecule has 0 fully saturated rings. The minimum absolute atomic E-state index is 0.00365. The molecule has 1 aliphatic rings. The summed E-state index contributed by atoms with van der Waals surface area (Å²) in [6, 6.07) is 11.1. The summed E-state index contributed by atoms with van der Waals surface area (Å²) in [6.07, 6.45) is 4.85. The van der Waals surface area contributed by atoms with Crippen molar-refractivity contribution < 1.29 is 9.59 Å². The molecule has 1 heterocycles. The summed E-state index contributed by atoms with van der Waals surface area (Å²) in [7, 11) is 3.68. The fourth-order valence-electron chi connectivity index (χ4n) is 2.15. The van der Waals surface area contributed by atoms with Gasteiger partial charge in [0.1, 0.15) is 11.6 Å². The molecule has 0 saturated carbocycles. The van der Waals surface area contributed by atoms with Gasteiger partial charge in [0, 0.05) is 14.1 Å². The SMILES string of the molecule is CN(C)C=CC1C=C(C#N)C(=O)N(Cc2ccccc2)C1=O. The number of carbonyl (C=O) groups excluding carboxylic acids is 2. The Balaban J connectivity index is 2.30. The maximum Gasteiger partial charge on any atom is 0.271 e. The molecule has 0 aliphatic carbocycles. The average Bonchev–Trinajstić information content (AvgIpc) is 2.51. The summed E-state index contributed by atoms with van der Waals surface area (Å²) < 4.78 is 0. The molecule has 2 rings (SSSR count). The van der Waals surface area contributed by atoms with E-state index >= 15 is 0 Å². The van der Waals surface area contributed by atoms with Gasteiger partial charge in [0.25, 0.3) is 5.91 Å². The van der Waals surface area contributed by atoms with E-state index in [1.54, 1.807) is 17.2 Å². The zero-order valence-corrected chi connectivity index (χ0v) is 12.6. The van der Waals surface area contributed by atoms with Gasteiger partial charge in [-0.1, -0.05) is 36.4 Å².